The number of sulfonamides is 1. The maximum Gasteiger partial charge on any atom is 0.243 e. The van der Waals surface area contributed by atoms with Crippen molar-refractivity contribution < 1.29 is 8.42 Å². The molecule has 1 atom stereocenters. The molecule has 102 valence electrons. The molecule has 0 saturated carbocycles. The van der Waals surface area contributed by atoms with Crippen LogP contribution in [0.2, 0.25) is 0 Å². The summed E-state index contributed by atoms with van der Waals surface area (Å²) in [5.74, 6) is 0.829. The van der Waals surface area contributed by atoms with Crippen molar-refractivity contribution in [2.24, 2.45) is 0 Å². The van der Waals surface area contributed by atoms with Crippen LogP contribution in [0.5, 0.6) is 0 Å². The lowest BCUT2D eigenvalue weighted by Gasteiger charge is -2.31. The van der Waals surface area contributed by atoms with E-state index in [9.17, 15) is 8.42 Å². The van der Waals surface area contributed by atoms with Crippen molar-refractivity contribution in [2.45, 2.75) is 23.5 Å². The van der Waals surface area contributed by atoms with Crippen molar-refractivity contribution in [1.29, 1.82) is 5.26 Å². The van der Waals surface area contributed by atoms with Gasteiger partial charge in [-0.2, -0.15) is 21.3 Å². The summed E-state index contributed by atoms with van der Waals surface area (Å²) in [5, 5.41) is 9.22. The summed E-state index contributed by atoms with van der Waals surface area (Å²) in [6, 6.07) is 8.20. The molecule has 1 aliphatic rings. The Morgan fingerprint density at radius 3 is 3.00 bits per heavy atom. The van der Waals surface area contributed by atoms with Gasteiger partial charge >= 0.3 is 0 Å². The van der Waals surface area contributed by atoms with Crippen molar-refractivity contribution in [3.05, 3.63) is 29.8 Å². The molecule has 0 aliphatic carbocycles. The van der Waals surface area contributed by atoms with E-state index in [0.29, 0.717) is 23.9 Å². The molecule has 19 heavy (non-hydrogen) atoms. The van der Waals surface area contributed by atoms with E-state index in [2.05, 4.69) is 6.92 Å². The van der Waals surface area contributed by atoms with Gasteiger partial charge in [0.05, 0.1) is 16.5 Å². The third kappa shape index (κ3) is 3.11. The molecule has 0 bridgehead atoms. The molecule has 1 unspecified atom stereocenters. The maximum atomic E-state index is 12.5. The highest BCUT2D eigenvalue weighted by molar-refractivity contribution is 8.00. The predicted octanol–water partition coefficient (Wildman–Crippen LogP) is 2.07. The Morgan fingerprint density at radius 2 is 2.32 bits per heavy atom. The van der Waals surface area contributed by atoms with Crippen LogP contribution < -0.4 is 0 Å². The van der Waals surface area contributed by atoms with E-state index in [-0.39, 0.29) is 4.90 Å². The van der Waals surface area contributed by atoms with E-state index in [1.54, 1.807) is 18.2 Å². The molecule has 2 rings (SSSR count). The van der Waals surface area contributed by atoms with Crippen LogP contribution in [0.25, 0.3) is 0 Å². The lowest BCUT2D eigenvalue weighted by molar-refractivity contribution is 0.416. The molecule has 0 N–H and O–H groups in total. The minimum absolute atomic E-state index is 0.216. The molecule has 0 spiro atoms. The van der Waals surface area contributed by atoms with Crippen molar-refractivity contribution in [3.8, 4) is 6.07 Å². The molecule has 4 nitrogen and oxygen atoms in total. The normalized spacial score (nSPS) is 20.9. The number of rotatable bonds is 3. The highest BCUT2D eigenvalue weighted by Crippen LogP contribution is 2.26. The molecular formula is C13H16N2O2S2. The average Bonchev–Trinajstić information content (AvgIpc) is 2.47. The second kappa shape index (κ2) is 5.95. The SMILES string of the molecule is CCC1CN(S(=O)(=O)c2cccc(C#N)c2)CCS1. The summed E-state index contributed by atoms with van der Waals surface area (Å²) >= 11 is 1.83. The smallest absolute Gasteiger partial charge is 0.207 e. The monoisotopic (exact) mass is 296 g/mol. The summed E-state index contributed by atoms with van der Waals surface area (Å²) in [5.41, 5.74) is 0.375. The minimum atomic E-state index is -3.47. The Morgan fingerprint density at radius 1 is 1.53 bits per heavy atom. The number of thioether (sulfide) groups is 1. The first-order chi connectivity index (χ1) is 9.07. The zero-order valence-corrected chi connectivity index (χ0v) is 12.4. The van der Waals surface area contributed by atoms with Crippen LogP contribution in [0.15, 0.2) is 29.2 Å². The van der Waals surface area contributed by atoms with Crippen LogP contribution in [0, 0.1) is 11.3 Å². The molecule has 0 amide bonds. The Labute approximate surface area is 118 Å². The average molecular weight is 296 g/mol. The van der Waals surface area contributed by atoms with Crippen molar-refractivity contribution in [2.75, 3.05) is 18.8 Å². The van der Waals surface area contributed by atoms with Crippen LogP contribution in [-0.4, -0.2) is 36.8 Å². The second-order valence-corrected chi connectivity index (χ2v) is 7.75. The van der Waals surface area contributed by atoms with E-state index in [1.165, 1.54) is 10.4 Å². The van der Waals surface area contributed by atoms with Crippen LogP contribution in [0.4, 0.5) is 0 Å². The number of hydrogen-bond donors (Lipinski definition) is 0. The lowest BCUT2D eigenvalue weighted by atomic mass is 10.2. The predicted molar refractivity (Wildman–Crippen MR) is 76.5 cm³/mol. The second-order valence-electron chi connectivity index (χ2n) is 4.40. The molecule has 0 aromatic heterocycles. The maximum absolute atomic E-state index is 12.5. The molecule has 1 aliphatic heterocycles. The van der Waals surface area contributed by atoms with E-state index in [0.717, 1.165) is 12.2 Å². The summed E-state index contributed by atoms with van der Waals surface area (Å²) in [6.45, 7) is 3.17. The zero-order valence-electron chi connectivity index (χ0n) is 10.7. The van der Waals surface area contributed by atoms with Gasteiger partial charge < -0.3 is 0 Å². The van der Waals surface area contributed by atoms with Gasteiger partial charge in [-0.15, -0.1) is 0 Å². The van der Waals surface area contributed by atoms with Crippen molar-refractivity contribution in [3.63, 3.8) is 0 Å². The standard InChI is InChI=1S/C13H16N2O2S2/c1-2-12-10-15(6-7-18-12)19(16,17)13-5-3-4-11(8-13)9-14/h3-5,8,12H,2,6-7,10H2,1H3. The fourth-order valence-corrected chi connectivity index (χ4v) is 4.96. The van der Waals surface area contributed by atoms with Gasteiger partial charge in [-0.05, 0) is 24.6 Å². The minimum Gasteiger partial charge on any atom is -0.207 e. The molecule has 1 aromatic carbocycles. The largest absolute Gasteiger partial charge is 0.243 e. The van der Waals surface area contributed by atoms with Gasteiger partial charge in [0.2, 0.25) is 10.0 Å². The number of nitriles is 1. The van der Waals surface area contributed by atoms with Crippen LogP contribution in [-0.2, 0) is 10.0 Å². The highest BCUT2D eigenvalue weighted by Gasteiger charge is 2.29. The molecule has 6 heteroatoms. The van der Waals surface area contributed by atoms with Gasteiger partial charge in [-0.1, -0.05) is 13.0 Å². The first-order valence-corrected chi connectivity index (χ1v) is 8.68. The quantitative estimate of drug-likeness (QED) is 0.856. The first kappa shape index (κ1) is 14.4. The Balaban J connectivity index is 2.29. The van der Waals surface area contributed by atoms with E-state index < -0.39 is 10.0 Å². The van der Waals surface area contributed by atoms with Gasteiger partial charge in [0, 0.05) is 24.1 Å². The number of benzene rings is 1. The fraction of sp³-hybridized carbons (Fsp3) is 0.462. The Bertz CT molecular complexity index is 593. The topological polar surface area (TPSA) is 61.2 Å². The zero-order chi connectivity index (χ0) is 13.9. The first-order valence-electron chi connectivity index (χ1n) is 6.20. The summed E-state index contributed by atoms with van der Waals surface area (Å²) < 4.78 is 26.6. The molecule has 0 radical (unpaired) electrons. The van der Waals surface area contributed by atoms with Gasteiger partial charge in [-0.3, -0.25) is 0 Å². The molecule has 1 saturated heterocycles. The highest BCUT2D eigenvalue weighted by atomic mass is 32.2. The van der Waals surface area contributed by atoms with Crippen LogP contribution >= 0.6 is 11.8 Å². The molecular weight excluding hydrogens is 280 g/mol. The van der Waals surface area contributed by atoms with Crippen LogP contribution in [0.1, 0.15) is 18.9 Å². The van der Waals surface area contributed by atoms with Gasteiger partial charge in [0.15, 0.2) is 0 Å². The third-order valence-electron chi connectivity index (χ3n) is 3.16. The van der Waals surface area contributed by atoms with Gasteiger partial charge in [0.1, 0.15) is 0 Å². The van der Waals surface area contributed by atoms with E-state index >= 15 is 0 Å². The Hall–Kier alpha value is -1.03. The third-order valence-corrected chi connectivity index (χ3v) is 6.39. The van der Waals surface area contributed by atoms with Crippen molar-refractivity contribution >= 4 is 21.8 Å². The summed E-state index contributed by atoms with van der Waals surface area (Å²) in [4.78, 5) is 0.216. The van der Waals surface area contributed by atoms with E-state index in [4.69, 9.17) is 5.26 Å². The van der Waals surface area contributed by atoms with Crippen molar-refractivity contribution in [1.82, 2.24) is 4.31 Å². The molecule has 1 aromatic rings. The van der Waals surface area contributed by atoms with Gasteiger partial charge in [0.25, 0.3) is 0 Å². The van der Waals surface area contributed by atoms with Gasteiger partial charge in [-0.25, -0.2) is 8.42 Å². The van der Waals surface area contributed by atoms with Crippen LogP contribution in [0.3, 0.4) is 0 Å². The Kier molecular flexibility index (Phi) is 4.50. The number of hydrogen-bond acceptors (Lipinski definition) is 4. The summed E-state index contributed by atoms with van der Waals surface area (Å²) in [7, 11) is -3.47. The lowest BCUT2D eigenvalue weighted by Crippen LogP contribution is -2.41. The van der Waals surface area contributed by atoms with E-state index in [1.807, 2.05) is 17.8 Å². The molecule has 1 heterocycles. The fourth-order valence-electron chi connectivity index (χ4n) is 2.03. The number of nitrogens with zero attached hydrogens (tertiary/aromatic N) is 2. The molecule has 1 fully saturated rings. The summed E-state index contributed by atoms with van der Waals surface area (Å²) in [6.07, 6.45) is 0.967.